The zero-order valence-electron chi connectivity index (χ0n) is 11.0. The Labute approximate surface area is 114 Å². The van der Waals surface area contributed by atoms with Gasteiger partial charge in [-0.15, -0.1) is 0 Å². The molecule has 0 saturated carbocycles. The molecule has 19 heavy (non-hydrogen) atoms. The van der Waals surface area contributed by atoms with Gasteiger partial charge in [0.05, 0.1) is 12.3 Å². The first-order valence-electron chi connectivity index (χ1n) is 6.50. The lowest BCUT2D eigenvalue weighted by molar-refractivity contribution is 0.598. The second-order valence-corrected chi connectivity index (χ2v) is 6.35. The summed E-state index contributed by atoms with van der Waals surface area (Å²) in [5.74, 6) is 0.988. The molecule has 6 heteroatoms. The fourth-order valence-electron chi connectivity index (χ4n) is 1.89. The molecule has 104 valence electrons. The van der Waals surface area contributed by atoms with Crippen LogP contribution in [0.1, 0.15) is 25.3 Å². The minimum absolute atomic E-state index is 0.160. The van der Waals surface area contributed by atoms with Crippen LogP contribution in [-0.4, -0.2) is 33.1 Å². The minimum atomic E-state index is -3.25. The molecule has 0 amide bonds. The van der Waals surface area contributed by atoms with E-state index in [4.69, 9.17) is 0 Å². The summed E-state index contributed by atoms with van der Waals surface area (Å²) in [6.07, 6.45) is 1.53. The predicted octanol–water partition coefficient (Wildman–Crippen LogP) is 1.58. The SMILES string of the molecule is CCCCS(=O)(=O)Nc1cccc(C2=NCCN2)c1. The number of nitrogens with one attached hydrogen (secondary N) is 2. The van der Waals surface area contributed by atoms with E-state index < -0.39 is 10.0 Å². The van der Waals surface area contributed by atoms with Gasteiger partial charge < -0.3 is 5.32 Å². The summed E-state index contributed by atoms with van der Waals surface area (Å²) in [7, 11) is -3.25. The normalized spacial score (nSPS) is 14.9. The van der Waals surface area contributed by atoms with Crippen molar-refractivity contribution in [1.29, 1.82) is 0 Å². The standard InChI is InChI=1S/C13H19N3O2S/c1-2-3-9-19(17,18)16-12-6-4-5-11(10-12)13-14-7-8-15-13/h4-6,10,16H,2-3,7-9H2,1H3,(H,14,15). The van der Waals surface area contributed by atoms with E-state index in [0.29, 0.717) is 12.1 Å². The number of sulfonamides is 1. The molecule has 0 bridgehead atoms. The molecule has 2 rings (SSSR count). The molecule has 1 aromatic rings. The molecule has 0 atom stereocenters. The lowest BCUT2D eigenvalue weighted by Gasteiger charge is -2.09. The van der Waals surface area contributed by atoms with E-state index in [1.807, 2.05) is 19.1 Å². The Morgan fingerprint density at radius 2 is 2.26 bits per heavy atom. The van der Waals surface area contributed by atoms with E-state index >= 15 is 0 Å². The van der Waals surface area contributed by atoms with Crippen LogP contribution in [0.4, 0.5) is 5.69 Å². The first-order valence-corrected chi connectivity index (χ1v) is 8.15. The van der Waals surface area contributed by atoms with Gasteiger partial charge in [0.1, 0.15) is 5.84 Å². The van der Waals surface area contributed by atoms with Gasteiger partial charge in [-0.2, -0.15) is 0 Å². The summed E-state index contributed by atoms with van der Waals surface area (Å²) in [6.45, 7) is 3.57. The van der Waals surface area contributed by atoms with Gasteiger partial charge in [-0.05, 0) is 18.6 Å². The highest BCUT2D eigenvalue weighted by atomic mass is 32.2. The van der Waals surface area contributed by atoms with Crippen LogP contribution >= 0.6 is 0 Å². The number of rotatable bonds is 6. The van der Waals surface area contributed by atoms with Gasteiger partial charge in [0, 0.05) is 17.8 Å². The Hall–Kier alpha value is -1.56. The predicted molar refractivity (Wildman–Crippen MR) is 78.2 cm³/mol. The number of hydrogen-bond acceptors (Lipinski definition) is 4. The fraction of sp³-hybridized carbons (Fsp3) is 0.462. The molecule has 0 unspecified atom stereocenters. The van der Waals surface area contributed by atoms with Crippen LogP contribution in [0, 0.1) is 0 Å². The highest BCUT2D eigenvalue weighted by Gasteiger charge is 2.12. The zero-order valence-corrected chi connectivity index (χ0v) is 11.8. The Morgan fingerprint density at radius 3 is 2.95 bits per heavy atom. The van der Waals surface area contributed by atoms with E-state index in [0.717, 1.165) is 30.9 Å². The maximum Gasteiger partial charge on any atom is 0.232 e. The summed E-state index contributed by atoms with van der Waals surface area (Å²) in [4.78, 5) is 4.32. The summed E-state index contributed by atoms with van der Waals surface area (Å²) < 4.78 is 26.3. The third-order valence-electron chi connectivity index (χ3n) is 2.85. The van der Waals surface area contributed by atoms with Crippen molar-refractivity contribution in [2.24, 2.45) is 4.99 Å². The maximum atomic E-state index is 11.8. The van der Waals surface area contributed by atoms with Crippen molar-refractivity contribution in [2.45, 2.75) is 19.8 Å². The number of aliphatic imine (C=N–C) groups is 1. The van der Waals surface area contributed by atoms with Crippen LogP contribution in [-0.2, 0) is 10.0 Å². The van der Waals surface area contributed by atoms with E-state index in [-0.39, 0.29) is 5.75 Å². The molecule has 1 aromatic carbocycles. The highest BCUT2D eigenvalue weighted by Crippen LogP contribution is 2.14. The molecule has 1 aliphatic rings. The van der Waals surface area contributed by atoms with Gasteiger partial charge in [-0.25, -0.2) is 8.42 Å². The Bertz CT molecular complexity index is 567. The lowest BCUT2D eigenvalue weighted by Crippen LogP contribution is -2.20. The van der Waals surface area contributed by atoms with Gasteiger partial charge in [-0.1, -0.05) is 25.5 Å². The molecule has 1 heterocycles. The molecule has 1 aliphatic heterocycles. The largest absolute Gasteiger partial charge is 0.368 e. The number of anilines is 1. The molecular formula is C13H19N3O2S. The first kappa shape index (κ1) is 13.9. The van der Waals surface area contributed by atoms with Crippen LogP contribution in [0.15, 0.2) is 29.3 Å². The number of hydrogen-bond donors (Lipinski definition) is 2. The monoisotopic (exact) mass is 281 g/mol. The summed E-state index contributed by atoms with van der Waals surface area (Å²) in [6, 6.07) is 7.31. The van der Waals surface area contributed by atoms with Crippen molar-refractivity contribution in [1.82, 2.24) is 5.32 Å². The van der Waals surface area contributed by atoms with Crippen LogP contribution in [0.2, 0.25) is 0 Å². The summed E-state index contributed by atoms with van der Waals surface area (Å²) in [5, 5.41) is 3.17. The van der Waals surface area contributed by atoms with E-state index in [1.54, 1.807) is 12.1 Å². The zero-order chi connectivity index (χ0) is 13.7. The fourth-order valence-corrected chi connectivity index (χ4v) is 3.14. The van der Waals surface area contributed by atoms with Gasteiger partial charge in [-0.3, -0.25) is 9.71 Å². The van der Waals surface area contributed by atoms with Crippen molar-refractivity contribution in [3.05, 3.63) is 29.8 Å². The average Bonchev–Trinajstić information content (AvgIpc) is 2.90. The number of unbranched alkanes of at least 4 members (excludes halogenated alkanes) is 1. The van der Waals surface area contributed by atoms with Crippen LogP contribution in [0.25, 0.3) is 0 Å². The topological polar surface area (TPSA) is 70.6 Å². The van der Waals surface area contributed by atoms with Crippen molar-refractivity contribution >= 4 is 21.5 Å². The van der Waals surface area contributed by atoms with Crippen LogP contribution < -0.4 is 10.0 Å². The minimum Gasteiger partial charge on any atom is -0.368 e. The highest BCUT2D eigenvalue weighted by molar-refractivity contribution is 7.92. The quantitative estimate of drug-likeness (QED) is 0.831. The second kappa shape index (κ2) is 6.06. The molecule has 0 fully saturated rings. The molecular weight excluding hydrogens is 262 g/mol. The van der Waals surface area contributed by atoms with Gasteiger partial charge in [0.15, 0.2) is 0 Å². The van der Waals surface area contributed by atoms with Gasteiger partial charge in [0.25, 0.3) is 0 Å². The summed E-state index contributed by atoms with van der Waals surface area (Å²) >= 11 is 0. The number of benzene rings is 1. The van der Waals surface area contributed by atoms with E-state index in [1.165, 1.54) is 0 Å². The molecule has 2 N–H and O–H groups in total. The maximum absolute atomic E-state index is 11.8. The smallest absolute Gasteiger partial charge is 0.232 e. The van der Waals surface area contributed by atoms with Crippen molar-refractivity contribution in [2.75, 3.05) is 23.6 Å². The Kier molecular flexibility index (Phi) is 4.42. The lowest BCUT2D eigenvalue weighted by atomic mass is 10.2. The molecule has 0 aliphatic carbocycles. The number of nitrogens with zero attached hydrogens (tertiary/aromatic N) is 1. The van der Waals surface area contributed by atoms with E-state index in [9.17, 15) is 8.42 Å². The van der Waals surface area contributed by atoms with Crippen molar-refractivity contribution in [3.8, 4) is 0 Å². The summed E-state index contributed by atoms with van der Waals surface area (Å²) in [5.41, 5.74) is 1.50. The molecule has 0 saturated heterocycles. The average molecular weight is 281 g/mol. The third kappa shape index (κ3) is 3.96. The van der Waals surface area contributed by atoms with E-state index in [2.05, 4.69) is 15.0 Å². The molecule has 5 nitrogen and oxygen atoms in total. The second-order valence-electron chi connectivity index (χ2n) is 4.51. The molecule has 0 spiro atoms. The Balaban J connectivity index is 2.11. The van der Waals surface area contributed by atoms with Crippen LogP contribution in [0.3, 0.4) is 0 Å². The molecule has 0 aromatic heterocycles. The Morgan fingerprint density at radius 1 is 1.42 bits per heavy atom. The van der Waals surface area contributed by atoms with Gasteiger partial charge in [0.2, 0.25) is 10.0 Å². The van der Waals surface area contributed by atoms with Crippen molar-refractivity contribution in [3.63, 3.8) is 0 Å². The van der Waals surface area contributed by atoms with Gasteiger partial charge >= 0.3 is 0 Å². The first-order chi connectivity index (χ1) is 9.11. The third-order valence-corrected chi connectivity index (χ3v) is 4.22. The molecule has 0 radical (unpaired) electrons. The van der Waals surface area contributed by atoms with Crippen LogP contribution in [0.5, 0.6) is 0 Å². The number of amidine groups is 1. The van der Waals surface area contributed by atoms with Crippen molar-refractivity contribution < 1.29 is 8.42 Å².